The topological polar surface area (TPSA) is 12.9 Å². The summed E-state index contributed by atoms with van der Waals surface area (Å²) in [6.07, 6.45) is 0. The van der Waals surface area contributed by atoms with Crippen molar-refractivity contribution in [3.05, 3.63) is 41.1 Å². The van der Waals surface area contributed by atoms with Gasteiger partial charge in [0.25, 0.3) is 0 Å². The highest BCUT2D eigenvalue weighted by Crippen LogP contribution is 2.28. The number of benzene rings is 1. The first-order valence-corrected chi connectivity index (χ1v) is 6.42. The van der Waals surface area contributed by atoms with Crippen LogP contribution in [-0.2, 0) is 11.3 Å². The van der Waals surface area contributed by atoms with Crippen LogP contribution in [0.3, 0.4) is 0 Å². The third-order valence-electron chi connectivity index (χ3n) is 3.04. The molecule has 0 radical (unpaired) electrons. The van der Waals surface area contributed by atoms with Crippen molar-refractivity contribution >= 4 is 22.5 Å². The van der Waals surface area contributed by atoms with Gasteiger partial charge in [-0.25, -0.2) is 0 Å². The third-order valence-corrected chi connectivity index (χ3v) is 3.33. The van der Waals surface area contributed by atoms with E-state index in [0.717, 1.165) is 11.2 Å². The number of fused-ring (bicyclic) bond motifs is 1. The molecule has 0 N–H and O–H groups in total. The monoisotopic (exact) mass is 247 g/mol. The zero-order valence-corrected chi connectivity index (χ0v) is 11.6. The van der Waals surface area contributed by atoms with Crippen molar-refractivity contribution in [3.8, 4) is 0 Å². The molecule has 0 bridgehead atoms. The predicted molar refractivity (Wildman–Crippen MR) is 74.7 cm³/mol. The summed E-state index contributed by atoms with van der Waals surface area (Å²) in [5.74, 6) is 0.533. The number of aryl methyl sites for hydroxylation is 1. The smallest absolute Gasteiger partial charge is 0.0737 e. The molecule has 0 aliphatic rings. The van der Waals surface area contributed by atoms with E-state index in [9.17, 15) is 0 Å². The van der Waals surface area contributed by atoms with Crippen LogP contribution in [0.1, 0.15) is 37.6 Å². The van der Waals surface area contributed by atoms with Gasteiger partial charge in [-0.2, -0.15) is 0 Å². The molecule has 0 amide bonds. The Kier molecular flexibility index (Phi) is 3.13. The van der Waals surface area contributed by atoms with Crippen LogP contribution in [0.2, 0.25) is 0 Å². The van der Waals surface area contributed by atoms with Gasteiger partial charge in [0.2, 0.25) is 0 Å². The molecule has 1 heterocycles. The summed E-state index contributed by atoms with van der Waals surface area (Å²) in [7, 11) is 0. The number of alkyl halides is 1. The number of hydrogen-bond donors (Lipinski definition) is 0. The van der Waals surface area contributed by atoms with E-state index < -0.39 is 0 Å². The molecule has 0 atom stereocenters. The second-order valence-electron chi connectivity index (χ2n) is 5.52. The number of pyridine rings is 1. The Labute approximate surface area is 108 Å². The van der Waals surface area contributed by atoms with Gasteiger partial charge in [-0.15, -0.1) is 11.6 Å². The van der Waals surface area contributed by atoms with Crippen molar-refractivity contribution in [2.24, 2.45) is 0 Å². The Morgan fingerprint density at radius 3 is 2.53 bits per heavy atom. The average molecular weight is 248 g/mol. The molecule has 1 nitrogen and oxygen atoms in total. The van der Waals surface area contributed by atoms with Crippen molar-refractivity contribution in [1.29, 1.82) is 0 Å². The van der Waals surface area contributed by atoms with Crippen LogP contribution in [0.5, 0.6) is 0 Å². The average Bonchev–Trinajstić information content (AvgIpc) is 2.27. The van der Waals surface area contributed by atoms with Crippen LogP contribution < -0.4 is 0 Å². The lowest BCUT2D eigenvalue weighted by Gasteiger charge is -2.20. The Morgan fingerprint density at radius 1 is 1.24 bits per heavy atom. The van der Waals surface area contributed by atoms with E-state index in [-0.39, 0.29) is 5.41 Å². The first kappa shape index (κ1) is 12.4. The van der Waals surface area contributed by atoms with Gasteiger partial charge in [-0.05, 0) is 24.1 Å². The number of nitrogens with zero attached hydrogens (tertiary/aromatic N) is 1. The van der Waals surface area contributed by atoms with Crippen LogP contribution in [-0.4, -0.2) is 4.98 Å². The maximum absolute atomic E-state index is 6.05. The number of halogens is 1. The predicted octanol–water partition coefficient (Wildman–Crippen LogP) is 4.58. The number of aromatic nitrogens is 1. The second kappa shape index (κ2) is 4.30. The maximum atomic E-state index is 6.05. The largest absolute Gasteiger partial charge is 0.252 e. The molecule has 17 heavy (non-hydrogen) atoms. The lowest BCUT2D eigenvalue weighted by atomic mass is 9.89. The fourth-order valence-electron chi connectivity index (χ4n) is 1.96. The Balaban J connectivity index is 2.81. The standard InChI is InChI=1S/C15H18ClN/c1-10-6-5-7-12-11(9-16)8-13(15(2,3)4)17-14(10)12/h5-8H,9H2,1-4H3. The van der Waals surface area contributed by atoms with Gasteiger partial charge in [0.1, 0.15) is 0 Å². The summed E-state index contributed by atoms with van der Waals surface area (Å²) in [5.41, 5.74) is 4.62. The molecule has 0 spiro atoms. The second-order valence-corrected chi connectivity index (χ2v) is 5.79. The molecule has 0 fully saturated rings. The summed E-state index contributed by atoms with van der Waals surface area (Å²) in [5, 5.41) is 1.17. The van der Waals surface area contributed by atoms with E-state index in [4.69, 9.17) is 16.6 Å². The van der Waals surface area contributed by atoms with Crippen molar-refractivity contribution in [1.82, 2.24) is 4.98 Å². The quantitative estimate of drug-likeness (QED) is 0.673. The molecule has 0 saturated heterocycles. The Hall–Kier alpha value is -1.08. The van der Waals surface area contributed by atoms with Crippen molar-refractivity contribution in [3.63, 3.8) is 0 Å². The molecule has 1 aromatic carbocycles. The summed E-state index contributed by atoms with van der Waals surface area (Å²) in [6.45, 7) is 8.63. The summed E-state index contributed by atoms with van der Waals surface area (Å²) >= 11 is 6.05. The lowest BCUT2D eigenvalue weighted by Crippen LogP contribution is -2.14. The highest BCUT2D eigenvalue weighted by atomic mass is 35.5. The summed E-state index contributed by atoms with van der Waals surface area (Å²) < 4.78 is 0. The molecular formula is C15H18ClN. The first-order chi connectivity index (χ1) is 7.93. The fraction of sp³-hybridized carbons (Fsp3) is 0.400. The van der Waals surface area contributed by atoms with E-state index in [2.05, 4.69) is 52.0 Å². The van der Waals surface area contributed by atoms with Crippen LogP contribution in [0.15, 0.2) is 24.3 Å². The van der Waals surface area contributed by atoms with Gasteiger partial charge in [0.05, 0.1) is 5.52 Å². The van der Waals surface area contributed by atoms with Gasteiger partial charge in [-0.3, -0.25) is 4.98 Å². The van der Waals surface area contributed by atoms with Crippen molar-refractivity contribution in [2.45, 2.75) is 39.0 Å². The normalized spacial score (nSPS) is 12.1. The molecule has 0 aliphatic heterocycles. The molecular weight excluding hydrogens is 230 g/mol. The van der Waals surface area contributed by atoms with E-state index in [1.54, 1.807) is 0 Å². The first-order valence-electron chi connectivity index (χ1n) is 5.89. The number of hydrogen-bond acceptors (Lipinski definition) is 1. The highest BCUT2D eigenvalue weighted by molar-refractivity contribution is 6.18. The third kappa shape index (κ3) is 2.30. The minimum atomic E-state index is 0.0529. The zero-order valence-electron chi connectivity index (χ0n) is 10.8. The lowest BCUT2D eigenvalue weighted by molar-refractivity contribution is 0.571. The molecule has 2 heteroatoms. The molecule has 2 aromatic rings. The van der Waals surface area contributed by atoms with Gasteiger partial charge < -0.3 is 0 Å². The van der Waals surface area contributed by atoms with Gasteiger partial charge >= 0.3 is 0 Å². The minimum Gasteiger partial charge on any atom is -0.252 e. The van der Waals surface area contributed by atoms with Gasteiger partial charge in [-0.1, -0.05) is 39.0 Å². The molecule has 0 saturated carbocycles. The van der Waals surface area contributed by atoms with Crippen molar-refractivity contribution < 1.29 is 0 Å². The summed E-state index contributed by atoms with van der Waals surface area (Å²) in [6, 6.07) is 8.39. The molecule has 90 valence electrons. The Bertz CT molecular complexity index is 553. The maximum Gasteiger partial charge on any atom is 0.0737 e. The van der Waals surface area contributed by atoms with Crippen LogP contribution in [0.25, 0.3) is 10.9 Å². The number of para-hydroxylation sites is 1. The van der Waals surface area contributed by atoms with Crippen LogP contribution >= 0.6 is 11.6 Å². The highest BCUT2D eigenvalue weighted by Gasteiger charge is 2.18. The van der Waals surface area contributed by atoms with Crippen molar-refractivity contribution in [2.75, 3.05) is 0 Å². The number of rotatable bonds is 1. The van der Waals surface area contributed by atoms with E-state index >= 15 is 0 Å². The molecule has 0 aliphatic carbocycles. The SMILES string of the molecule is Cc1cccc2c(CCl)cc(C(C)(C)C)nc12. The molecule has 0 unspecified atom stereocenters. The zero-order chi connectivity index (χ0) is 12.6. The van der Waals surface area contributed by atoms with E-state index in [1.165, 1.54) is 16.5 Å². The Morgan fingerprint density at radius 2 is 1.94 bits per heavy atom. The van der Waals surface area contributed by atoms with Gasteiger partial charge in [0.15, 0.2) is 0 Å². The fourth-order valence-corrected chi connectivity index (χ4v) is 2.18. The van der Waals surface area contributed by atoms with Crippen LogP contribution in [0, 0.1) is 6.92 Å². The molecule has 1 aromatic heterocycles. The van der Waals surface area contributed by atoms with Crippen LogP contribution in [0.4, 0.5) is 0 Å². The van der Waals surface area contributed by atoms with Gasteiger partial charge in [0, 0.05) is 22.4 Å². The summed E-state index contributed by atoms with van der Waals surface area (Å²) in [4.78, 5) is 4.80. The van der Waals surface area contributed by atoms with E-state index in [1.807, 2.05) is 0 Å². The van der Waals surface area contributed by atoms with E-state index in [0.29, 0.717) is 5.88 Å². The minimum absolute atomic E-state index is 0.0529. The molecule has 2 rings (SSSR count).